The quantitative estimate of drug-likeness (QED) is 0.700. The lowest BCUT2D eigenvalue weighted by atomic mass is 10.1. The van der Waals surface area contributed by atoms with Crippen LogP contribution in [0.2, 0.25) is 0 Å². The van der Waals surface area contributed by atoms with E-state index in [0.717, 1.165) is 0 Å². The molecule has 0 spiro atoms. The molecular weight excluding hydrogens is 226 g/mol. The minimum atomic E-state index is -2.87. The smallest absolute Gasteiger partial charge is 0.206 e. The maximum atomic E-state index is 12.9. The van der Waals surface area contributed by atoms with Crippen molar-refractivity contribution >= 4 is 15.9 Å². The first kappa shape index (κ1) is 4.70. The van der Waals surface area contributed by atoms with Gasteiger partial charge in [0.15, 0.2) is 0 Å². The van der Waals surface area contributed by atoms with Crippen LogP contribution in [-0.4, -0.2) is 5.92 Å². The third kappa shape index (κ3) is 1.38. The van der Waals surface area contributed by atoms with E-state index in [1.165, 1.54) is 0 Å². The monoisotopic (exact) mass is 236 g/mol. The molecule has 0 N–H and O–H groups in total. The van der Waals surface area contributed by atoms with Crippen molar-refractivity contribution in [2.24, 2.45) is 0 Å². The number of benzene rings is 1. The fourth-order valence-electron chi connectivity index (χ4n) is 1.03. The molecule has 0 aliphatic heterocycles. The Bertz CT molecular complexity index is 446. The molecule has 12 heavy (non-hydrogen) atoms. The third-order valence-corrected chi connectivity index (χ3v) is 2.18. The van der Waals surface area contributed by atoms with Crippen LogP contribution in [0, 0.1) is 0 Å². The molecule has 1 aromatic rings. The van der Waals surface area contributed by atoms with Crippen molar-refractivity contribution in [2.45, 2.75) is 18.3 Å². The van der Waals surface area contributed by atoms with Gasteiger partial charge in [-0.2, -0.15) is 0 Å². The number of hydrogen-bond acceptors (Lipinski definition) is 0. The van der Waals surface area contributed by atoms with Gasteiger partial charge < -0.3 is 0 Å². The normalized spacial score (nSPS) is 30.1. The molecule has 0 saturated heterocycles. The molecule has 1 aliphatic rings. The Morgan fingerprint density at radius 1 is 1.58 bits per heavy atom. The van der Waals surface area contributed by atoms with Gasteiger partial charge in [-0.15, -0.1) is 0 Å². The summed E-state index contributed by atoms with van der Waals surface area (Å²) in [5.74, 6) is -4.02. The summed E-state index contributed by atoms with van der Waals surface area (Å²) in [6.45, 7) is 0. The van der Waals surface area contributed by atoms with Crippen LogP contribution in [-0.2, 0) is 0 Å². The molecule has 64 valence electrons. The third-order valence-electron chi connectivity index (χ3n) is 1.79. The molecule has 1 aliphatic carbocycles. The fourth-order valence-corrected chi connectivity index (χ4v) is 1.35. The topological polar surface area (TPSA) is 0 Å². The zero-order valence-corrected chi connectivity index (χ0v) is 7.50. The lowest BCUT2D eigenvalue weighted by Gasteiger charge is -1.98. The van der Waals surface area contributed by atoms with E-state index in [2.05, 4.69) is 15.9 Å². The summed E-state index contributed by atoms with van der Waals surface area (Å²) >= 11 is 2.93. The summed E-state index contributed by atoms with van der Waals surface area (Å²) < 4.78 is 55.9. The minimum absolute atomic E-state index is 0.00574. The average Bonchev–Trinajstić information content (AvgIpc) is 2.82. The van der Waals surface area contributed by atoms with E-state index < -0.39 is 23.9 Å². The highest BCUT2D eigenvalue weighted by atomic mass is 79.9. The molecule has 1 atom stereocenters. The fraction of sp³-hybridized carbons (Fsp3) is 0.333. The van der Waals surface area contributed by atoms with Gasteiger partial charge in [0.2, 0.25) is 0 Å². The molecule has 0 heterocycles. The lowest BCUT2D eigenvalue weighted by Crippen LogP contribution is -1.92. The standard InChI is InChI=1S/C9H7BrF2/c10-7-3-1-2-6(4-7)8-5-9(8,11)12/h1-4,8H,5H2/i1D,2D,3D,4D. The van der Waals surface area contributed by atoms with Crippen molar-refractivity contribution in [3.8, 4) is 0 Å². The van der Waals surface area contributed by atoms with Crippen molar-refractivity contribution in [1.82, 2.24) is 0 Å². The van der Waals surface area contributed by atoms with Crippen LogP contribution < -0.4 is 0 Å². The van der Waals surface area contributed by atoms with Crippen LogP contribution in [0.1, 0.15) is 23.4 Å². The number of halogens is 3. The maximum absolute atomic E-state index is 12.9. The summed E-state index contributed by atoms with van der Waals surface area (Å²) in [7, 11) is 0. The Hall–Kier alpha value is -0.440. The molecule has 0 nitrogen and oxygen atoms in total. The predicted octanol–water partition coefficient (Wildman–Crippen LogP) is 3.57. The van der Waals surface area contributed by atoms with E-state index in [0.29, 0.717) is 0 Å². The SMILES string of the molecule is [2H]c1c([2H])c(Br)c([2H])c(C2CC2(F)F)c1[2H]. The van der Waals surface area contributed by atoms with Gasteiger partial charge >= 0.3 is 0 Å². The largest absolute Gasteiger partial charge is 0.255 e. The molecule has 1 unspecified atom stereocenters. The number of hydrogen-bond donors (Lipinski definition) is 0. The van der Waals surface area contributed by atoms with E-state index in [4.69, 9.17) is 5.48 Å². The zero-order valence-electron chi connectivity index (χ0n) is 9.92. The molecule has 0 radical (unpaired) electrons. The first-order chi connectivity index (χ1) is 7.27. The summed E-state index contributed by atoms with van der Waals surface area (Å²) in [4.78, 5) is 0. The van der Waals surface area contributed by atoms with Gasteiger partial charge in [0, 0.05) is 10.9 Å². The van der Waals surface area contributed by atoms with Crippen molar-refractivity contribution in [1.29, 1.82) is 0 Å². The molecule has 0 aromatic heterocycles. The van der Waals surface area contributed by atoms with E-state index >= 15 is 0 Å². The van der Waals surface area contributed by atoms with Crippen molar-refractivity contribution < 1.29 is 14.3 Å². The molecule has 1 saturated carbocycles. The number of alkyl halides is 2. The molecule has 0 bridgehead atoms. The molecule has 1 aromatic carbocycles. The second kappa shape index (κ2) is 2.52. The minimum Gasteiger partial charge on any atom is -0.206 e. The van der Waals surface area contributed by atoms with E-state index in [1.807, 2.05) is 0 Å². The van der Waals surface area contributed by atoms with Gasteiger partial charge in [0.25, 0.3) is 5.92 Å². The van der Waals surface area contributed by atoms with Crippen LogP contribution in [0.25, 0.3) is 0 Å². The Morgan fingerprint density at radius 2 is 2.25 bits per heavy atom. The number of rotatable bonds is 1. The van der Waals surface area contributed by atoms with Crippen LogP contribution in [0.15, 0.2) is 28.6 Å². The van der Waals surface area contributed by atoms with Gasteiger partial charge in [-0.1, -0.05) is 28.0 Å². The molecule has 3 heteroatoms. The van der Waals surface area contributed by atoms with E-state index in [-0.39, 0.29) is 28.5 Å². The van der Waals surface area contributed by atoms with Gasteiger partial charge in [0.05, 0.1) is 11.4 Å². The highest BCUT2D eigenvalue weighted by Gasteiger charge is 2.57. The first-order valence-corrected chi connectivity index (χ1v) is 4.20. The summed E-state index contributed by atoms with van der Waals surface area (Å²) in [5.41, 5.74) is -0.127. The summed E-state index contributed by atoms with van der Waals surface area (Å²) in [5, 5.41) is 0. The Labute approximate surface area is 83.3 Å². The summed E-state index contributed by atoms with van der Waals surface area (Å²) in [6.07, 6.45) is -0.381. The molecule has 0 amide bonds. The molecule has 1 fully saturated rings. The molecular formula is C9H7BrF2. The van der Waals surface area contributed by atoms with Gasteiger partial charge in [-0.3, -0.25) is 0 Å². The molecule has 2 rings (SSSR count). The predicted molar refractivity (Wildman–Crippen MR) is 46.4 cm³/mol. The van der Waals surface area contributed by atoms with E-state index in [1.54, 1.807) is 0 Å². The zero-order chi connectivity index (χ0) is 12.2. The second-order valence-corrected chi connectivity index (χ2v) is 3.54. The highest BCUT2D eigenvalue weighted by molar-refractivity contribution is 9.10. The van der Waals surface area contributed by atoms with Crippen LogP contribution in [0.3, 0.4) is 0 Å². The van der Waals surface area contributed by atoms with Gasteiger partial charge in [-0.25, -0.2) is 8.78 Å². The van der Waals surface area contributed by atoms with Crippen molar-refractivity contribution in [3.63, 3.8) is 0 Å². The average molecular weight is 237 g/mol. The Morgan fingerprint density at radius 3 is 2.83 bits per heavy atom. The van der Waals surface area contributed by atoms with Gasteiger partial charge in [0.1, 0.15) is 0 Å². The first-order valence-electron chi connectivity index (χ1n) is 5.41. The van der Waals surface area contributed by atoms with Crippen molar-refractivity contribution in [2.75, 3.05) is 0 Å². The van der Waals surface area contributed by atoms with Gasteiger partial charge in [-0.05, 0) is 17.6 Å². The Balaban J connectivity index is 2.63. The van der Waals surface area contributed by atoms with E-state index in [9.17, 15) is 8.78 Å². The maximum Gasteiger partial charge on any atom is 0.255 e. The second-order valence-electron chi connectivity index (χ2n) is 2.75. The lowest BCUT2D eigenvalue weighted by molar-refractivity contribution is 0.112. The van der Waals surface area contributed by atoms with Crippen LogP contribution >= 0.6 is 15.9 Å². The van der Waals surface area contributed by atoms with Crippen molar-refractivity contribution in [3.05, 3.63) is 34.2 Å². The Kier molecular flexibility index (Phi) is 0.988. The van der Waals surface area contributed by atoms with Crippen LogP contribution in [0.4, 0.5) is 8.78 Å². The summed E-state index contributed by atoms with van der Waals surface area (Å²) in [6, 6.07) is -1.42. The van der Waals surface area contributed by atoms with Crippen LogP contribution in [0.5, 0.6) is 0 Å². The highest BCUT2D eigenvalue weighted by Crippen LogP contribution is 2.55.